The van der Waals surface area contributed by atoms with Gasteiger partial charge in [-0.05, 0) is 61.1 Å². The molecule has 0 saturated carbocycles. The zero-order valence-corrected chi connectivity index (χ0v) is 15.4. The normalized spacial score (nSPS) is 15.7. The molecule has 0 aliphatic carbocycles. The van der Waals surface area contributed by atoms with Crippen molar-refractivity contribution in [2.75, 3.05) is 18.0 Å². The Bertz CT molecular complexity index is 860. The second-order valence-corrected chi connectivity index (χ2v) is 7.57. The van der Waals surface area contributed by atoms with Crippen molar-refractivity contribution in [3.05, 3.63) is 70.3 Å². The lowest BCUT2D eigenvalue weighted by Crippen LogP contribution is -2.34. The monoisotopic (exact) mass is 369 g/mol. The molecular weight excluding hydrogens is 351 g/mol. The van der Waals surface area contributed by atoms with Crippen LogP contribution >= 0.6 is 23.2 Å². The van der Waals surface area contributed by atoms with Crippen LogP contribution in [0.15, 0.2) is 48.5 Å². The van der Waals surface area contributed by atoms with E-state index in [2.05, 4.69) is 28.2 Å². The van der Waals surface area contributed by atoms with E-state index < -0.39 is 0 Å². The van der Waals surface area contributed by atoms with E-state index in [1.165, 1.54) is 29.5 Å². The first kappa shape index (κ1) is 16.7. The maximum Gasteiger partial charge on any atom is 0.0915 e. The molecule has 1 aromatic heterocycles. The SMILES string of the molecule is Clc1cc(Cl)cc(CC2CCN(c3c[c]nc4ccccc34)CC2)c1. The number of nitrogens with zero attached hydrogens (tertiary/aromatic N) is 2. The molecule has 2 aromatic carbocycles. The van der Waals surface area contributed by atoms with Crippen LogP contribution in [0.3, 0.4) is 0 Å². The van der Waals surface area contributed by atoms with Gasteiger partial charge in [-0.1, -0.05) is 41.4 Å². The molecular formula is C21H19Cl2N2. The number of hydrogen-bond donors (Lipinski definition) is 0. The molecule has 0 unspecified atom stereocenters. The fraction of sp³-hybridized carbons (Fsp3) is 0.286. The van der Waals surface area contributed by atoms with Gasteiger partial charge in [0.2, 0.25) is 0 Å². The summed E-state index contributed by atoms with van der Waals surface area (Å²) in [6, 6.07) is 16.2. The van der Waals surface area contributed by atoms with Crippen LogP contribution in [0.1, 0.15) is 18.4 Å². The van der Waals surface area contributed by atoms with Crippen LogP contribution in [0.5, 0.6) is 0 Å². The van der Waals surface area contributed by atoms with Crippen molar-refractivity contribution in [3.8, 4) is 0 Å². The minimum Gasteiger partial charge on any atom is -0.371 e. The number of piperidine rings is 1. The molecule has 1 radical (unpaired) electrons. The van der Waals surface area contributed by atoms with E-state index in [9.17, 15) is 0 Å². The van der Waals surface area contributed by atoms with E-state index in [4.69, 9.17) is 23.2 Å². The topological polar surface area (TPSA) is 16.1 Å². The molecule has 0 amide bonds. The van der Waals surface area contributed by atoms with Gasteiger partial charge in [-0.15, -0.1) is 0 Å². The molecule has 127 valence electrons. The Morgan fingerprint density at radius 1 is 1.04 bits per heavy atom. The van der Waals surface area contributed by atoms with Crippen LogP contribution in [0.4, 0.5) is 5.69 Å². The maximum atomic E-state index is 6.12. The highest BCUT2D eigenvalue weighted by atomic mass is 35.5. The number of rotatable bonds is 3. The third kappa shape index (κ3) is 3.75. The second kappa shape index (κ2) is 7.23. The van der Waals surface area contributed by atoms with E-state index in [0.29, 0.717) is 5.92 Å². The van der Waals surface area contributed by atoms with E-state index in [-0.39, 0.29) is 0 Å². The minimum absolute atomic E-state index is 0.669. The van der Waals surface area contributed by atoms with Gasteiger partial charge in [0.25, 0.3) is 0 Å². The molecule has 1 fully saturated rings. The highest BCUT2D eigenvalue weighted by Gasteiger charge is 2.21. The first-order chi connectivity index (χ1) is 12.2. The average molecular weight is 370 g/mol. The molecule has 0 atom stereocenters. The second-order valence-electron chi connectivity index (χ2n) is 6.70. The Morgan fingerprint density at radius 2 is 1.76 bits per heavy atom. The lowest BCUT2D eigenvalue weighted by molar-refractivity contribution is 0.404. The first-order valence-electron chi connectivity index (χ1n) is 8.65. The maximum absolute atomic E-state index is 6.12. The highest BCUT2D eigenvalue weighted by Crippen LogP contribution is 2.31. The van der Waals surface area contributed by atoms with Crippen molar-refractivity contribution >= 4 is 39.8 Å². The molecule has 25 heavy (non-hydrogen) atoms. The summed E-state index contributed by atoms with van der Waals surface area (Å²) in [5.41, 5.74) is 3.49. The van der Waals surface area contributed by atoms with Crippen LogP contribution in [0.2, 0.25) is 10.0 Å². The summed E-state index contributed by atoms with van der Waals surface area (Å²) in [6.07, 6.45) is 6.42. The van der Waals surface area contributed by atoms with Gasteiger partial charge in [0.1, 0.15) is 0 Å². The number of para-hydroxylation sites is 1. The van der Waals surface area contributed by atoms with E-state index >= 15 is 0 Å². The van der Waals surface area contributed by atoms with Gasteiger partial charge in [0, 0.05) is 34.2 Å². The van der Waals surface area contributed by atoms with Crippen molar-refractivity contribution in [1.29, 1.82) is 0 Å². The van der Waals surface area contributed by atoms with Crippen LogP contribution in [-0.4, -0.2) is 18.1 Å². The molecule has 1 saturated heterocycles. The molecule has 0 N–H and O–H groups in total. The van der Waals surface area contributed by atoms with E-state index in [1.54, 1.807) is 6.07 Å². The molecule has 1 aliphatic heterocycles. The number of halogens is 2. The van der Waals surface area contributed by atoms with Crippen LogP contribution in [-0.2, 0) is 6.42 Å². The average Bonchev–Trinajstić information content (AvgIpc) is 2.61. The van der Waals surface area contributed by atoms with Crippen LogP contribution in [0.25, 0.3) is 10.9 Å². The third-order valence-electron chi connectivity index (χ3n) is 4.97. The van der Waals surface area contributed by atoms with E-state index in [0.717, 1.165) is 35.1 Å². The summed E-state index contributed by atoms with van der Waals surface area (Å²) >= 11 is 12.2. The van der Waals surface area contributed by atoms with Crippen molar-refractivity contribution in [1.82, 2.24) is 4.98 Å². The van der Waals surface area contributed by atoms with Gasteiger partial charge >= 0.3 is 0 Å². The molecule has 4 rings (SSSR count). The number of fused-ring (bicyclic) bond motifs is 1. The van der Waals surface area contributed by atoms with Gasteiger partial charge in [-0.3, -0.25) is 0 Å². The van der Waals surface area contributed by atoms with Gasteiger partial charge in [0.05, 0.1) is 11.7 Å². The Kier molecular flexibility index (Phi) is 4.82. The molecule has 4 heteroatoms. The third-order valence-corrected chi connectivity index (χ3v) is 5.40. The first-order valence-corrected chi connectivity index (χ1v) is 9.40. The van der Waals surface area contributed by atoms with Crippen molar-refractivity contribution in [2.45, 2.75) is 19.3 Å². The smallest absolute Gasteiger partial charge is 0.0915 e. The number of benzene rings is 2. The Morgan fingerprint density at radius 3 is 2.52 bits per heavy atom. The fourth-order valence-electron chi connectivity index (χ4n) is 3.73. The molecule has 2 heterocycles. The largest absolute Gasteiger partial charge is 0.371 e. The summed E-state index contributed by atoms with van der Waals surface area (Å²) in [7, 11) is 0. The van der Waals surface area contributed by atoms with Gasteiger partial charge in [-0.2, -0.15) is 0 Å². The summed E-state index contributed by atoms with van der Waals surface area (Å²) in [4.78, 5) is 6.81. The summed E-state index contributed by atoms with van der Waals surface area (Å²) in [5.74, 6) is 0.669. The lowest BCUT2D eigenvalue weighted by Gasteiger charge is -2.34. The van der Waals surface area contributed by atoms with Gasteiger partial charge < -0.3 is 4.90 Å². The Hall–Kier alpha value is -1.77. The van der Waals surface area contributed by atoms with Crippen molar-refractivity contribution in [3.63, 3.8) is 0 Å². The predicted molar refractivity (Wildman–Crippen MR) is 106 cm³/mol. The van der Waals surface area contributed by atoms with Gasteiger partial charge in [0.15, 0.2) is 0 Å². The van der Waals surface area contributed by atoms with Crippen LogP contribution in [0, 0.1) is 12.1 Å². The lowest BCUT2D eigenvalue weighted by atomic mass is 9.90. The highest BCUT2D eigenvalue weighted by molar-refractivity contribution is 6.34. The van der Waals surface area contributed by atoms with Crippen LogP contribution < -0.4 is 4.90 Å². The van der Waals surface area contributed by atoms with Gasteiger partial charge in [-0.25, -0.2) is 4.98 Å². The standard InChI is InChI=1S/C21H19Cl2N2/c22-17-12-16(13-18(23)14-17)11-15-6-9-25(10-7-15)21-5-8-24-20-4-2-1-3-19(20)21/h1-5,12-15H,6-7,9-11H2. The molecule has 1 aliphatic rings. The molecule has 0 bridgehead atoms. The minimum atomic E-state index is 0.669. The zero-order valence-electron chi connectivity index (χ0n) is 13.9. The predicted octanol–water partition coefficient (Wildman–Crippen LogP) is 5.80. The number of pyridine rings is 1. The van der Waals surface area contributed by atoms with E-state index in [1.807, 2.05) is 30.3 Å². The quantitative estimate of drug-likeness (QED) is 0.579. The fourth-order valence-corrected chi connectivity index (χ4v) is 4.30. The Labute approximate surface area is 158 Å². The number of anilines is 1. The number of hydrogen-bond acceptors (Lipinski definition) is 2. The van der Waals surface area contributed by atoms with Crippen molar-refractivity contribution < 1.29 is 0 Å². The summed E-state index contributed by atoms with van der Waals surface area (Å²) in [6.45, 7) is 2.11. The zero-order chi connectivity index (χ0) is 17.2. The molecule has 3 aromatic rings. The van der Waals surface area contributed by atoms with Crippen molar-refractivity contribution in [2.24, 2.45) is 5.92 Å². The molecule has 2 nitrogen and oxygen atoms in total. The number of aromatic nitrogens is 1. The summed E-state index contributed by atoms with van der Waals surface area (Å²) < 4.78 is 0. The Balaban J connectivity index is 1.46. The summed E-state index contributed by atoms with van der Waals surface area (Å²) in [5, 5.41) is 2.65. The molecule has 0 spiro atoms.